The van der Waals surface area contributed by atoms with Gasteiger partial charge in [-0.25, -0.2) is 0 Å². The number of rotatable bonds is 3. The Bertz CT molecular complexity index is 424. The number of aryl methyl sites for hydroxylation is 1. The van der Waals surface area contributed by atoms with Crippen LogP contribution >= 0.6 is 11.3 Å². The number of nitrogens with zero attached hydrogens (tertiary/aromatic N) is 2. The minimum Gasteiger partial charge on any atom is -0.329 e. The Morgan fingerprint density at radius 1 is 1.47 bits per heavy atom. The molecular weight excluding hydrogens is 206 g/mol. The lowest BCUT2D eigenvalue weighted by atomic mass is 10.0. The standard InChI is InChI=1S/C11H13N3S/c1-8-4-6-15-11(8)9(7-12)10-3-2-5-13-14-10/h2-6,9H,7,12H2,1H3. The first-order chi connectivity index (χ1) is 7.33. The molecule has 0 radical (unpaired) electrons. The first kappa shape index (κ1) is 10.3. The van der Waals surface area contributed by atoms with E-state index < -0.39 is 0 Å². The van der Waals surface area contributed by atoms with Crippen LogP contribution in [0.4, 0.5) is 0 Å². The Kier molecular flexibility index (Phi) is 3.08. The summed E-state index contributed by atoms with van der Waals surface area (Å²) in [4.78, 5) is 1.29. The molecule has 1 unspecified atom stereocenters. The third-order valence-electron chi connectivity index (χ3n) is 2.40. The van der Waals surface area contributed by atoms with E-state index in [0.717, 1.165) is 5.69 Å². The van der Waals surface area contributed by atoms with E-state index in [1.165, 1.54) is 10.4 Å². The van der Waals surface area contributed by atoms with E-state index in [0.29, 0.717) is 6.54 Å². The second-order valence-electron chi connectivity index (χ2n) is 3.40. The zero-order valence-electron chi connectivity index (χ0n) is 8.55. The molecule has 0 bridgehead atoms. The summed E-state index contributed by atoms with van der Waals surface area (Å²) >= 11 is 1.73. The topological polar surface area (TPSA) is 51.8 Å². The molecule has 0 aliphatic carbocycles. The molecule has 2 aromatic heterocycles. The van der Waals surface area contributed by atoms with Crippen molar-refractivity contribution >= 4 is 11.3 Å². The van der Waals surface area contributed by atoms with Gasteiger partial charge in [-0.15, -0.1) is 11.3 Å². The van der Waals surface area contributed by atoms with Crippen molar-refractivity contribution in [3.63, 3.8) is 0 Å². The predicted octanol–water partition coefficient (Wildman–Crippen LogP) is 1.94. The molecule has 0 aromatic carbocycles. The van der Waals surface area contributed by atoms with E-state index in [1.54, 1.807) is 17.5 Å². The molecule has 1 atom stereocenters. The van der Waals surface area contributed by atoms with E-state index in [4.69, 9.17) is 5.73 Å². The second kappa shape index (κ2) is 4.51. The van der Waals surface area contributed by atoms with Gasteiger partial charge in [0.05, 0.1) is 11.6 Å². The summed E-state index contributed by atoms with van der Waals surface area (Å²) in [5.41, 5.74) is 8.03. The van der Waals surface area contributed by atoms with Crippen LogP contribution in [0.25, 0.3) is 0 Å². The van der Waals surface area contributed by atoms with Crippen molar-refractivity contribution in [1.82, 2.24) is 10.2 Å². The molecule has 0 saturated carbocycles. The summed E-state index contributed by atoms with van der Waals surface area (Å²) in [6, 6.07) is 5.98. The average molecular weight is 219 g/mol. The number of aromatic nitrogens is 2. The highest BCUT2D eigenvalue weighted by Gasteiger charge is 2.17. The highest BCUT2D eigenvalue weighted by molar-refractivity contribution is 7.10. The fourth-order valence-electron chi connectivity index (χ4n) is 1.60. The van der Waals surface area contributed by atoms with Crippen molar-refractivity contribution in [2.24, 2.45) is 5.73 Å². The minimum absolute atomic E-state index is 0.179. The lowest BCUT2D eigenvalue weighted by Crippen LogP contribution is -2.15. The maximum Gasteiger partial charge on any atom is 0.0726 e. The lowest BCUT2D eigenvalue weighted by Gasteiger charge is -2.12. The van der Waals surface area contributed by atoms with Gasteiger partial charge in [-0.2, -0.15) is 10.2 Å². The van der Waals surface area contributed by atoms with Gasteiger partial charge in [0, 0.05) is 17.6 Å². The Balaban J connectivity index is 2.37. The number of thiophene rings is 1. The molecule has 2 heterocycles. The largest absolute Gasteiger partial charge is 0.329 e. The van der Waals surface area contributed by atoms with Gasteiger partial charge < -0.3 is 5.73 Å². The second-order valence-corrected chi connectivity index (χ2v) is 4.35. The Hall–Kier alpha value is -1.26. The van der Waals surface area contributed by atoms with Gasteiger partial charge >= 0.3 is 0 Å². The molecule has 0 fully saturated rings. The fraction of sp³-hybridized carbons (Fsp3) is 0.273. The number of nitrogens with two attached hydrogens (primary N) is 1. The van der Waals surface area contributed by atoms with E-state index in [-0.39, 0.29) is 5.92 Å². The molecule has 0 spiro atoms. The molecule has 2 N–H and O–H groups in total. The van der Waals surface area contributed by atoms with Gasteiger partial charge in [-0.3, -0.25) is 0 Å². The molecular formula is C11H13N3S. The van der Waals surface area contributed by atoms with Crippen LogP contribution in [-0.4, -0.2) is 16.7 Å². The quantitative estimate of drug-likeness (QED) is 0.858. The van der Waals surface area contributed by atoms with Crippen molar-refractivity contribution in [3.05, 3.63) is 45.9 Å². The number of hydrogen-bond acceptors (Lipinski definition) is 4. The van der Waals surface area contributed by atoms with Crippen LogP contribution in [0.3, 0.4) is 0 Å². The van der Waals surface area contributed by atoms with Gasteiger partial charge in [0.15, 0.2) is 0 Å². The Morgan fingerprint density at radius 3 is 2.87 bits per heavy atom. The maximum atomic E-state index is 5.80. The molecule has 0 aliphatic rings. The third-order valence-corrected chi connectivity index (χ3v) is 3.54. The highest BCUT2D eigenvalue weighted by atomic mass is 32.1. The zero-order valence-corrected chi connectivity index (χ0v) is 9.37. The lowest BCUT2D eigenvalue weighted by molar-refractivity contribution is 0.768. The monoisotopic (exact) mass is 219 g/mol. The highest BCUT2D eigenvalue weighted by Crippen LogP contribution is 2.28. The zero-order chi connectivity index (χ0) is 10.7. The summed E-state index contributed by atoms with van der Waals surface area (Å²) < 4.78 is 0. The normalized spacial score (nSPS) is 12.7. The van der Waals surface area contributed by atoms with Crippen molar-refractivity contribution in [1.29, 1.82) is 0 Å². The molecule has 78 valence electrons. The van der Waals surface area contributed by atoms with Crippen molar-refractivity contribution < 1.29 is 0 Å². The van der Waals surface area contributed by atoms with Gasteiger partial charge in [0.25, 0.3) is 0 Å². The fourth-order valence-corrected chi connectivity index (χ4v) is 2.66. The first-order valence-corrected chi connectivity index (χ1v) is 5.72. The average Bonchev–Trinajstić information content (AvgIpc) is 2.68. The molecule has 2 rings (SSSR count). The van der Waals surface area contributed by atoms with Gasteiger partial charge in [0.2, 0.25) is 0 Å². The molecule has 3 nitrogen and oxygen atoms in total. The smallest absolute Gasteiger partial charge is 0.0726 e. The van der Waals surface area contributed by atoms with Crippen molar-refractivity contribution in [2.75, 3.05) is 6.54 Å². The molecule has 0 aliphatic heterocycles. The molecule has 4 heteroatoms. The summed E-state index contributed by atoms with van der Waals surface area (Å²) in [5.74, 6) is 0.179. The van der Waals surface area contributed by atoms with Crippen LogP contribution < -0.4 is 5.73 Å². The van der Waals surface area contributed by atoms with Crippen molar-refractivity contribution in [2.45, 2.75) is 12.8 Å². The SMILES string of the molecule is Cc1ccsc1C(CN)c1cccnn1. The molecule has 2 aromatic rings. The van der Waals surface area contributed by atoms with E-state index in [1.807, 2.05) is 12.1 Å². The van der Waals surface area contributed by atoms with Crippen LogP contribution in [0.15, 0.2) is 29.8 Å². The summed E-state index contributed by atoms with van der Waals surface area (Å²) in [7, 11) is 0. The van der Waals surface area contributed by atoms with Gasteiger partial charge in [-0.1, -0.05) is 0 Å². The predicted molar refractivity (Wildman–Crippen MR) is 62.0 cm³/mol. The molecule has 15 heavy (non-hydrogen) atoms. The summed E-state index contributed by atoms with van der Waals surface area (Å²) in [5, 5.41) is 10.1. The molecule has 0 amide bonds. The van der Waals surface area contributed by atoms with Crippen LogP contribution in [-0.2, 0) is 0 Å². The Labute approximate surface area is 93.0 Å². The van der Waals surface area contributed by atoms with E-state index in [2.05, 4.69) is 28.6 Å². The van der Waals surface area contributed by atoms with Crippen LogP contribution in [0.1, 0.15) is 22.1 Å². The summed E-state index contributed by atoms with van der Waals surface area (Å²) in [6.07, 6.45) is 1.68. The first-order valence-electron chi connectivity index (χ1n) is 4.84. The van der Waals surface area contributed by atoms with Gasteiger partial charge in [-0.05, 0) is 36.1 Å². The minimum atomic E-state index is 0.179. The van der Waals surface area contributed by atoms with E-state index in [9.17, 15) is 0 Å². The Morgan fingerprint density at radius 2 is 2.33 bits per heavy atom. The van der Waals surface area contributed by atoms with Crippen molar-refractivity contribution in [3.8, 4) is 0 Å². The number of hydrogen-bond donors (Lipinski definition) is 1. The van der Waals surface area contributed by atoms with Crippen LogP contribution in [0.5, 0.6) is 0 Å². The summed E-state index contributed by atoms with van der Waals surface area (Å²) in [6.45, 7) is 2.67. The maximum absolute atomic E-state index is 5.80. The third kappa shape index (κ3) is 2.06. The van der Waals surface area contributed by atoms with Gasteiger partial charge in [0.1, 0.15) is 0 Å². The van der Waals surface area contributed by atoms with Crippen LogP contribution in [0.2, 0.25) is 0 Å². The molecule has 0 saturated heterocycles. The van der Waals surface area contributed by atoms with Crippen LogP contribution in [0, 0.1) is 6.92 Å². The van der Waals surface area contributed by atoms with E-state index >= 15 is 0 Å².